The molecule has 0 amide bonds. The summed E-state index contributed by atoms with van der Waals surface area (Å²) in [5.74, 6) is 1.02. The quantitative estimate of drug-likeness (QED) is 0.692. The minimum Gasteiger partial charge on any atom is -0.269 e. The summed E-state index contributed by atoms with van der Waals surface area (Å²) >= 11 is 0. The van der Waals surface area contributed by atoms with E-state index in [1.165, 1.54) is 16.7 Å². The van der Waals surface area contributed by atoms with E-state index >= 15 is 0 Å². The van der Waals surface area contributed by atoms with Gasteiger partial charge < -0.3 is 0 Å². The van der Waals surface area contributed by atoms with Crippen molar-refractivity contribution in [2.45, 2.75) is 32.6 Å². The Balaban J connectivity index is 0.00000162. The summed E-state index contributed by atoms with van der Waals surface area (Å²) in [5.41, 5.74) is 5.17. The second-order valence-corrected chi connectivity index (χ2v) is 5.11. The zero-order valence-electron chi connectivity index (χ0n) is 11.3. The molecule has 0 saturated heterocycles. The minimum absolute atomic E-state index is 0. The van der Waals surface area contributed by atoms with Crippen molar-refractivity contribution in [3.63, 3.8) is 0 Å². The van der Waals surface area contributed by atoms with Gasteiger partial charge >= 0.3 is 0 Å². The van der Waals surface area contributed by atoms with E-state index in [9.17, 15) is 0 Å². The summed E-state index contributed by atoms with van der Waals surface area (Å²) < 4.78 is 0. The van der Waals surface area contributed by atoms with Crippen molar-refractivity contribution in [2.24, 2.45) is 0 Å². The van der Waals surface area contributed by atoms with E-state index in [1.807, 2.05) is 0 Å². The fourth-order valence-corrected chi connectivity index (χ4v) is 2.11. The standard InChI is InChI=1S/C17H20.FH/c1-12(2)14-5-7-15(8-6-14)17-10-9-16(11-17)13(3)4;/h5-12,17H,3H2,1-2,4H3;1H. The van der Waals surface area contributed by atoms with Crippen molar-refractivity contribution in [3.05, 3.63) is 71.3 Å². The maximum absolute atomic E-state index is 3.98. The van der Waals surface area contributed by atoms with E-state index in [2.05, 4.69) is 69.8 Å². The Morgan fingerprint density at radius 1 is 1.17 bits per heavy atom. The van der Waals surface area contributed by atoms with Gasteiger partial charge in [-0.25, -0.2) is 0 Å². The second-order valence-electron chi connectivity index (χ2n) is 5.11. The average Bonchev–Trinajstić information content (AvgIpc) is 2.78. The van der Waals surface area contributed by atoms with E-state index in [4.69, 9.17) is 0 Å². The third-order valence-corrected chi connectivity index (χ3v) is 3.32. The number of hydrogen-bond donors (Lipinski definition) is 0. The average molecular weight is 244 g/mol. The molecule has 1 unspecified atom stereocenters. The van der Waals surface area contributed by atoms with Crippen LogP contribution in [0.2, 0.25) is 0 Å². The van der Waals surface area contributed by atoms with Gasteiger partial charge in [0.2, 0.25) is 0 Å². The van der Waals surface area contributed by atoms with Gasteiger partial charge in [-0.05, 0) is 29.5 Å². The van der Waals surface area contributed by atoms with Crippen molar-refractivity contribution >= 4 is 0 Å². The molecule has 0 N–H and O–H groups in total. The van der Waals surface area contributed by atoms with Gasteiger partial charge in [-0.3, -0.25) is 4.70 Å². The molecule has 1 aliphatic carbocycles. The molecule has 0 spiro atoms. The van der Waals surface area contributed by atoms with Gasteiger partial charge in [-0.1, -0.05) is 68.5 Å². The Morgan fingerprint density at radius 3 is 2.22 bits per heavy atom. The van der Waals surface area contributed by atoms with E-state index in [0.29, 0.717) is 11.8 Å². The second kappa shape index (κ2) is 5.81. The van der Waals surface area contributed by atoms with Crippen LogP contribution in [0.25, 0.3) is 0 Å². The van der Waals surface area contributed by atoms with Crippen LogP contribution in [0.4, 0.5) is 4.70 Å². The summed E-state index contributed by atoms with van der Waals surface area (Å²) in [4.78, 5) is 0. The molecule has 0 saturated carbocycles. The molecule has 1 aliphatic rings. The van der Waals surface area contributed by atoms with Crippen LogP contribution in [0.1, 0.15) is 43.7 Å². The predicted molar refractivity (Wildman–Crippen MR) is 77.8 cm³/mol. The summed E-state index contributed by atoms with van der Waals surface area (Å²) in [5, 5.41) is 0. The fraction of sp³-hybridized carbons (Fsp3) is 0.294. The summed E-state index contributed by atoms with van der Waals surface area (Å²) in [6, 6.07) is 8.95. The highest BCUT2D eigenvalue weighted by molar-refractivity contribution is 5.48. The van der Waals surface area contributed by atoms with Crippen LogP contribution in [0.3, 0.4) is 0 Å². The van der Waals surface area contributed by atoms with Crippen LogP contribution in [-0.2, 0) is 0 Å². The first-order valence-electron chi connectivity index (χ1n) is 6.23. The number of hydrogen-bond acceptors (Lipinski definition) is 0. The number of allylic oxidation sites excluding steroid dienone is 5. The first kappa shape index (κ1) is 14.4. The molecule has 0 nitrogen and oxygen atoms in total. The van der Waals surface area contributed by atoms with Crippen molar-refractivity contribution in [1.82, 2.24) is 0 Å². The van der Waals surface area contributed by atoms with Gasteiger partial charge in [0.15, 0.2) is 0 Å². The van der Waals surface area contributed by atoms with Gasteiger partial charge in [0.25, 0.3) is 0 Å². The highest BCUT2D eigenvalue weighted by Crippen LogP contribution is 2.29. The maximum Gasteiger partial charge on any atom is 0.0210 e. The molecule has 0 aliphatic heterocycles. The molecule has 0 heterocycles. The lowest BCUT2D eigenvalue weighted by molar-refractivity contribution is 0.864. The van der Waals surface area contributed by atoms with Crippen LogP contribution < -0.4 is 0 Å². The minimum atomic E-state index is 0. The molecule has 1 aromatic rings. The van der Waals surface area contributed by atoms with Gasteiger partial charge in [-0.15, -0.1) is 0 Å². The maximum atomic E-state index is 3.98. The van der Waals surface area contributed by atoms with Crippen molar-refractivity contribution in [3.8, 4) is 0 Å². The summed E-state index contributed by atoms with van der Waals surface area (Å²) in [6.07, 6.45) is 6.70. The molecule has 96 valence electrons. The smallest absolute Gasteiger partial charge is 0.0210 e. The van der Waals surface area contributed by atoms with Crippen LogP contribution >= 0.6 is 0 Å². The van der Waals surface area contributed by atoms with Crippen LogP contribution in [0, 0.1) is 0 Å². The normalized spacial score (nSPS) is 17.6. The third kappa shape index (κ3) is 2.98. The third-order valence-electron chi connectivity index (χ3n) is 3.32. The molecule has 1 heteroatoms. The lowest BCUT2D eigenvalue weighted by atomic mass is 9.96. The molecule has 1 aromatic carbocycles. The first-order chi connectivity index (χ1) is 8.08. The van der Waals surface area contributed by atoms with Crippen molar-refractivity contribution < 1.29 is 4.70 Å². The SMILES string of the molecule is C=C(C)C1=CC(c2ccc(C(C)C)cc2)C=C1.F. The molecular formula is C17H21F. The number of halogens is 1. The molecule has 0 radical (unpaired) electrons. The van der Waals surface area contributed by atoms with E-state index in [0.717, 1.165) is 5.57 Å². The number of benzene rings is 1. The Hall–Kier alpha value is -1.63. The molecule has 0 fully saturated rings. The highest BCUT2D eigenvalue weighted by atomic mass is 19.0. The van der Waals surface area contributed by atoms with E-state index in [1.54, 1.807) is 0 Å². The molecule has 2 rings (SSSR count). The molecule has 18 heavy (non-hydrogen) atoms. The van der Waals surface area contributed by atoms with E-state index in [-0.39, 0.29) is 4.70 Å². The highest BCUT2D eigenvalue weighted by Gasteiger charge is 2.12. The van der Waals surface area contributed by atoms with Gasteiger partial charge in [0.1, 0.15) is 0 Å². The fourth-order valence-electron chi connectivity index (χ4n) is 2.11. The summed E-state index contributed by atoms with van der Waals surface area (Å²) in [7, 11) is 0. The van der Waals surface area contributed by atoms with Crippen LogP contribution in [0.5, 0.6) is 0 Å². The largest absolute Gasteiger partial charge is 0.269 e. The van der Waals surface area contributed by atoms with Gasteiger partial charge in [0, 0.05) is 5.92 Å². The topological polar surface area (TPSA) is 0 Å². The van der Waals surface area contributed by atoms with Crippen LogP contribution in [-0.4, -0.2) is 0 Å². The summed E-state index contributed by atoms with van der Waals surface area (Å²) in [6.45, 7) is 10.5. The zero-order chi connectivity index (χ0) is 12.4. The van der Waals surface area contributed by atoms with E-state index < -0.39 is 0 Å². The number of rotatable bonds is 3. The Bertz CT molecular complexity index is 475. The Morgan fingerprint density at radius 2 is 1.78 bits per heavy atom. The van der Waals surface area contributed by atoms with Gasteiger partial charge in [-0.2, -0.15) is 0 Å². The predicted octanol–water partition coefficient (Wildman–Crippen LogP) is 5.12. The molecule has 0 aromatic heterocycles. The zero-order valence-corrected chi connectivity index (χ0v) is 11.3. The molecular weight excluding hydrogens is 223 g/mol. The van der Waals surface area contributed by atoms with Crippen LogP contribution in [0.15, 0.2) is 60.2 Å². The molecule has 0 bridgehead atoms. The lowest BCUT2D eigenvalue weighted by Gasteiger charge is -2.09. The van der Waals surface area contributed by atoms with Crippen molar-refractivity contribution in [2.75, 3.05) is 0 Å². The van der Waals surface area contributed by atoms with Gasteiger partial charge in [0.05, 0.1) is 0 Å². The lowest BCUT2D eigenvalue weighted by Crippen LogP contribution is -1.92. The first-order valence-corrected chi connectivity index (χ1v) is 6.23. The molecule has 1 atom stereocenters. The van der Waals surface area contributed by atoms with Crippen molar-refractivity contribution in [1.29, 1.82) is 0 Å². The monoisotopic (exact) mass is 244 g/mol. The Labute approximate surface area is 109 Å². The Kier molecular flexibility index (Phi) is 4.66.